The minimum absolute atomic E-state index is 0.177. The van der Waals surface area contributed by atoms with Crippen LogP contribution >= 0.6 is 11.3 Å². The first-order chi connectivity index (χ1) is 12.9. The van der Waals surface area contributed by atoms with Gasteiger partial charge in [0.25, 0.3) is 5.79 Å². The lowest BCUT2D eigenvalue weighted by atomic mass is 10.2. The van der Waals surface area contributed by atoms with E-state index in [-0.39, 0.29) is 5.57 Å². The molecule has 1 aromatic heterocycles. The Hall–Kier alpha value is -3.19. The molecule has 4 rings (SSSR count). The lowest BCUT2D eigenvalue weighted by Crippen LogP contribution is -2.42. The Morgan fingerprint density at radius 3 is 2.44 bits per heavy atom. The first-order valence-corrected chi connectivity index (χ1v) is 9.12. The molecule has 0 saturated carbocycles. The summed E-state index contributed by atoms with van der Waals surface area (Å²) in [5.41, 5.74) is 2.49. The molecule has 0 radical (unpaired) electrons. The number of rotatable bonds is 3. The van der Waals surface area contributed by atoms with Crippen molar-refractivity contribution in [2.24, 2.45) is 0 Å². The van der Waals surface area contributed by atoms with Crippen LogP contribution in [0.25, 0.3) is 20.8 Å². The van der Waals surface area contributed by atoms with E-state index in [4.69, 9.17) is 9.47 Å². The van der Waals surface area contributed by atoms with E-state index in [9.17, 15) is 9.59 Å². The fourth-order valence-corrected chi connectivity index (χ4v) is 3.66. The Labute approximate surface area is 159 Å². The Bertz CT molecular complexity index is 1050. The van der Waals surface area contributed by atoms with Gasteiger partial charge in [0, 0.05) is 31.3 Å². The average Bonchev–Trinajstić information content (AvgIpc) is 3.04. The number of esters is 2. The molecule has 0 atom stereocenters. The molecule has 136 valence electrons. The molecule has 1 N–H and O–H groups in total. The van der Waals surface area contributed by atoms with E-state index in [1.54, 1.807) is 11.3 Å². The summed E-state index contributed by atoms with van der Waals surface area (Å²) in [5, 5.41) is 3.89. The van der Waals surface area contributed by atoms with Gasteiger partial charge in [0.15, 0.2) is 5.57 Å². The molecule has 0 aliphatic carbocycles. The second-order valence-electron chi connectivity index (χ2n) is 6.45. The van der Waals surface area contributed by atoms with E-state index >= 15 is 0 Å². The normalized spacial score (nSPS) is 16.0. The molecule has 1 fully saturated rings. The topological polar surface area (TPSA) is 77.5 Å². The number of aromatic nitrogens is 1. The van der Waals surface area contributed by atoms with Crippen LogP contribution in [-0.4, -0.2) is 22.7 Å². The van der Waals surface area contributed by atoms with Crippen LogP contribution in [0.1, 0.15) is 13.8 Å². The van der Waals surface area contributed by atoms with Crippen LogP contribution in [0.3, 0.4) is 0 Å². The van der Waals surface area contributed by atoms with Gasteiger partial charge >= 0.3 is 11.9 Å². The van der Waals surface area contributed by atoms with Gasteiger partial charge in [-0.05, 0) is 18.2 Å². The minimum atomic E-state index is -1.25. The summed E-state index contributed by atoms with van der Waals surface area (Å²) in [6, 6.07) is 15.6. The number of hydrogen-bond donors (Lipinski definition) is 1. The SMILES string of the molecule is CC1(C)OC(=O)C(=CNc2ccc3nc(-c4ccccc4)sc3c2)C(=O)O1. The third-order valence-corrected chi connectivity index (χ3v) is 4.98. The van der Waals surface area contributed by atoms with Crippen LogP contribution in [0, 0.1) is 0 Å². The maximum Gasteiger partial charge on any atom is 0.350 e. The van der Waals surface area contributed by atoms with Crippen LogP contribution in [0.15, 0.2) is 60.3 Å². The van der Waals surface area contributed by atoms with Crippen molar-refractivity contribution in [1.29, 1.82) is 0 Å². The highest BCUT2D eigenvalue weighted by Crippen LogP contribution is 2.31. The van der Waals surface area contributed by atoms with Crippen molar-refractivity contribution in [2.75, 3.05) is 5.32 Å². The molecule has 1 aliphatic rings. The fraction of sp³-hybridized carbons (Fsp3) is 0.150. The molecule has 2 heterocycles. The first kappa shape index (κ1) is 17.2. The molecule has 6 nitrogen and oxygen atoms in total. The van der Waals surface area contributed by atoms with E-state index in [1.807, 2.05) is 48.5 Å². The smallest absolute Gasteiger partial charge is 0.350 e. The zero-order valence-corrected chi connectivity index (χ0v) is 15.5. The van der Waals surface area contributed by atoms with E-state index in [1.165, 1.54) is 20.0 Å². The maximum absolute atomic E-state index is 12.0. The maximum atomic E-state index is 12.0. The van der Waals surface area contributed by atoms with Gasteiger partial charge in [-0.2, -0.15) is 0 Å². The number of nitrogens with one attached hydrogen (secondary N) is 1. The molecule has 0 unspecified atom stereocenters. The van der Waals surface area contributed by atoms with Crippen molar-refractivity contribution in [3.05, 3.63) is 60.3 Å². The van der Waals surface area contributed by atoms with Crippen molar-refractivity contribution >= 4 is 39.2 Å². The molecule has 0 bridgehead atoms. The summed E-state index contributed by atoms with van der Waals surface area (Å²) in [6.45, 7) is 3.02. The number of benzene rings is 2. The lowest BCUT2D eigenvalue weighted by molar-refractivity contribution is -0.222. The van der Waals surface area contributed by atoms with Crippen molar-refractivity contribution in [1.82, 2.24) is 4.98 Å². The Morgan fingerprint density at radius 1 is 1.04 bits per heavy atom. The van der Waals surface area contributed by atoms with Crippen molar-refractivity contribution in [2.45, 2.75) is 19.6 Å². The van der Waals surface area contributed by atoms with Crippen LogP contribution in [0.4, 0.5) is 5.69 Å². The number of hydrogen-bond acceptors (Lipinski definition) is 7. The summed E-state index contributed by atoms with van der Waals surface area (Å²) >= 11 is 1.57. The average molecular weight is 380 g/mol. The highest BCUT2D eigenvalue weighted by atomic mass is 32.1. The van der Waals surface area contributed by atoms with Crippen LogP contribution in [-0.2, 0) is 19.1 Å². The summed E-state index contributed by atoms with van der Waals surface area (Å²) in [7, 11) is 0. The zero-order valence-electron chi connectivity index (χ0n) is 14.7. The fourth-order valence-electron chi connectivity index (χ4n) is 2.65. The van der Waals surface area contributed by atoms with Crippen molar-refractivity contribution in [3.63, 3.8) is 0 Å². The summed E-state index contributed by atoms with van der Waals surface area (Å²) in [4.78, 5) is 28.6. The molecule has 27 heavy (non-hydrogen) atoms. The third kappa shape index (κ3) is 3.54. The van der Waals surface area contributed by atoms with Crippen molar-refractivity contribution in [3.8, 4) is 10.6 Å². The van der Waals surface area contributed by atoms with E-state index in [0.29, 0.717) is 0 Å². The van der Waals surface area contributed by atoms with Gasteiger partial charge in [-0.1, -0.05) is 30.3 Å². The minimum Gasteiger partial charge on any atom is -0.419 e. The van der Waals surface area contributed by atoms with Crippen LogP contribution < -0.4 is 5.32 Å². The summed E-state index contributed by atoms with van der Waals surface area (Å²) < 4.78 is 11.1. The molecule has 7 heteroatoms. The second kappa shape index (κ2) is 6.51. The molecule has 3 aromatic rings. The van der Waals surface area contributed by atoms with Gasteiger partial charge in [0.05, 0.1) is 10.2 Å². The molecule has 1 aliphatic heterocycles. The summed E-state index contributed by atoms with van der Waals surface area (Å²) in [6.07, 6.45) is 1.31. The largest absolute Gasteiger partial charge is 0.419 e. The van der Waals surface area contributed by atoms with Gasteiger partial charge in [0.2, 0.25) is 0 Å². The number of ether oxygens (including phenoxy) is 2. The van der Waals surface area contributed by atoms with E-state index in [2.05, 4.69) is 10.3 Å². The standard InChI is InChI=1S/C20H16N2O4S/c1-20(2)25-18(23)14(19(24)26-20)11-21-13-8-9-15-16(10-13)27-17(22-15)12-6-4-3-5-7-12/h3-11,21H,1-2H3. The number of carbonyl (C=O) groups excluding carboxylic acids is 2. The van der Waals surface area contributed by atoms with Gasteiger partial charge in [0.1, 0.15) is 5.01 Å². The predicted molar refractivity (Wildman–Crippen MR) is 103 cm³/mol. The molecule has 2 aromatic carbocycles. The van der Waals surface area contributed by atoms with E-state index < -0.39 is 17.7 Å². The van der Waals surface area contributed by atoms with Crippen LogP contribution in [0.2, 0.25) is 0 Å². The lowest BCUT2D eigenvalue weighted by Gasteiger charge is -2.29. The number of thiazole rings is 1. The highest BCUT2D eigenvalue weighted by molar-refractivity contribution is 7.21. The number of cyclic esters (lactones) is 2. The van der Waals surface area contributed by atoms with Gasteiger partial charge in [-0.25, -0.2) is 14.6 Å². The number of carbonyl (C=O) groups is 2. The number of nitrogens with zero attached hydrogens (tertiary/aromatic N) is 1. The predicted octanol–water partition coefficient (Wildman–Crippen LogP) is 4.10. The molecule has 0 spiro atoms. The number of fused-ring (bicyclic) bond motifs is 1. The third-order valence-electron chi connectivity index (χ3n) is 3.91. The number of anilines is 1. The molecule has 0 amide bonds. The van der Waals surface area contributed by atoms with Gasteiger partial charge < -0.3 is 14.8 Å². The molecular formula is C20H16N2O4S. The Kier molecular flexibility index (Phi) is 4.16. The Balaban J connectivity index is 1.58. The summed E-state index contributed by atoms with van der Waals surface area (Å²) in [5.74, 6) is -2.68. The van der Waals surface area contributed by atoms with Gasteiger partial charge in [-0.15, -0.1) is 11.3 Å². The second-order valence-corrected chi connectivity index (χ2v) is 7.48. The van der Waals surface area contributed by atoms with E-state index in [0.717, 1.165) is 26.5 Å². The van der Waals surface area contributed by atoms with Crippen molar-refractivity contribution < 1.29 is 19.1 Å². The highest BCUT2D eigenvalue weighted by Gasteiger charge is 2.38. The zero-order chi connectivity index (χ0) is 19.0. The molecular weight excluding hydrogens is 364 g/mol. The Morgan fingerprint density at radius 2 is 1.74 bits per heavy atom. The monoisotopic (exact) mass is 380 g/mol. The van der Waals surface area contributed by atoms with Gasteiger partial charge in [-0.3, -0.25) is 0 Å². The van der Waals surface area contributed by atoms with Crippen LogP contribution in [0.5, 0.6) is 0 Å². The quantitative estimate of drug-likeness (QED) is 0.419. The first-order valence-electron chi connectivity index (χ1n) is 8.31. The molecule has 1 saturated heterocycles.